The van der Waals surface area contributed by atoms with Crippen molar-refractivity contribution < 1.29 is 19.3 Å². The van der Waals surface area contributed by atoms with E-state index in [4.69, 9.17) is 19.9 Å². The molecular weight excluding hydrogens is 402 g/mol. The molecule has 168 valence electrons. The van der Waals surface area contributed by atoms with Crippen molar-refractivity contribution in [2.24, 2.45) is 5.73 Å². The van der Waals surface area contributed by atoms with Crippen LogP contribution in [0.2, 0.25) is 0 Å². The van der Waals surface area contributed by atoms with E-state index in [0.29, 0.717) is 26.2 Å². The van der Waals surface area contributed by atoms with Crippen molar-refractivity contribution >= 4 is 0 Å². The van der Waals surface area contributed by atoms with Crippen LogP contribution in [0.1, 0.15) is 23.1 Å². The quantitative estimate of drug-likeness (QED) is 0.536. The van der Waals surface area contributed by atoms with E-state index < -0.39 is 24.4 Å². The Bertz CT molecular complexity index is 867. The molecule has 3 aromatic carbocycles. The maximum Gasteiger partial charge on any atom is 0.114 e. The zero-order chi connectivity index (χ0) is 22.2. The average Bonchev–Trinajstić information content (AvgIpc) is 2.83. The Balaban J connectivity index is 1.50. The molecule has 0 aromatic heterocycles. The molecule has 1 fully saturated rings. The minimum atomic E-state index is -0.730. The van der Waals surface area contributed by atoms with Gasteiger partial charge in [0.2, 0.25) is 0 Å². The van der Waals surface area contributed by atoms with Gasteiger partial charge in [0.1, 0.15) is 18.3 Å². The van der Waals surface area contributed by atoms with Gasteiger partial charge >= 0.3 is 0 Å². The zero-order valence-electron chi connectivity index (χ0n) is 18.1. The molecule has 0 unspecified atom stereocenters. The van der Waals surface area contributed by atoms with E-state index in [2.05, 4.69) is 0 Å². The van der Waals surface area contributed by atoms with Crippen LogP contribution in [0, 0.1) is 0 Å². The fourth-order valence-corrected chi connectivity index (χ4v) is 4.11. The Kier molecular flexibility index (Phi) is 8.04. The van der Waals surface area contributed by atoms with Gasteiger partial charge in [-0.15, -0.1) is 0 Å². The monoisotopic (exact) mass is 433 g/mol. The number of aliphatic hydroxyl groups is 1. The van der Waals surface area contributed by atoms with E-state index in [9.17, 15) is 5.11 Å². The van der Waals surface area contributed by atoms with Gasteiger partial charge in [0.15, 0.2) is 0 Å². The van der Waals surface area contributed by atoms with Gasteiger partial charge in [0.05, 0.1) is 25.9 Å². The highest BCUT2D eigenvalue weighted by Crippen LogP contribution is 2.29. The molecule has 1 saturated carbocycles. The highest BCUT2D eigenvalue weighted by molar-refractivity contribution is 5.16. The average molecular weight is 434 g/mol. The molecule has 5 heteroatoms. The minimum absolute atomic E-state index is 0.355. The summed E-state index contributed by atoms with van der Waals surface area (Å²) in [7, 11) is 0. The van der Waals surface area contributed by atoms with Crippen LogP contribution in [0.5, 0.6) is 0 Å². The Morgan fingerprint density at radius 2 is 0.969 bits per heavy atom. The first-order chi connectivity index (χ1) is 15.7. The smallest absolute Gasteiger partial charge is 0.114 e. The Labute approximate surface area is 189 Å². The Morgan fingerprint density at radius 3 is 1.41 bits per heavy atom. The maximum atomic E-state index is 10.8. The van der Waals surface area contributed by atoms with Crippen molar-refractivity contribution in [3.8, 4) is 0 Å². The largest absolute Gasteiger partial charge is 0.390 e. The molecule has 0 radical (unpaired) electrons. The first-order valence-electron chi connectivity index (χ1n) is 11.1. The van der Waals surface area contributed by atoms with E-state index in [-0.39, 0.29) is 6.04 Å². The van der Waals surface area contributed by atoms with Crippen molar-refractivity contribution in [2.45, 2.75) is 56.7 Å². The van der Waals surface area contributed by atoms with Gasteiger partial charge in [-0.2, -0.15) is 0 Å². The molecule has 3 aromatic rings. The zero-order valence-corrected chi connectivity index (χ0v) is 18.1. The molecule has 0 aliphatic heterocycles. The Morgan fingerprint density at radius 1 is 0.594 bits per heavy atom. The van der Waals surface area contributed by atoms with Crippen LogP contribution in [0.25, 0.3) is 0 Å². The van der Waals surface area contributed by atoms with Crippen molar-refractivity contribution in [1.29, 1.82) is 0 Å². The van der Waals surface area contributed by atoms with E-state index in [1.807, 2.05) is 91.0 Å². The summed E-state index contributed by atoms with van der Waals surface area (Å²) in [5.41, 5.74) is 9.59. The number of rotatable bonds is 9. The van der Waals surface area contributed by atoms with Crippen molar-refractivity contribution in [2.75, 3.05) is 0 Å². The lowest BCUT2D eigenvalue weighted by atomic mass is 9.85. The highest BCUT2D eigenvalue weighted by atomic mass is 16.6. The van der Waals surface area contributed by atoms with Crippen molar-refractivity contribution in [3.05, 3.63) is 108 Å². The topological polar surface area (TPSA) is 73.9 Å². The lowest BCUT2D eigenvalue weighted by Gasteiger charge is -2.43. The summed E-state index contributed by atoms with van der Waals surface area (Å²) in [6, 6.07) is 29.5. The second-order valence-electron chi connectivity index (χ2n) is 8.25. The summed E-state index contributed by atoms with van der Waals surface area (Å²) < 4.78 is 18.8. The van der Waals surface area contributed by atoms with Crippen LogP contribution in [0.3, 0.4) is 0 Å². The highest BCUT2D eigenvalue weighted by Gasteiger charge is 2.45. The second-order valence-corrected chi connectivity index (χ2v) is 8.25. The molecule has 0 saturated heterocycles. The number of nitrogens with two attached hydrogens (primary N) is 1. The van der Waals surface area contributed by atoms with E-state index in [0.717, 1.165) is 16.7 Å². The van der Waals surface area contributed by atoms with Gasteiger partial charge in [0, 0.05) is 6.04 Å². The summed E-state index contributed by atoms with van der Waals surface area (Å²) >= 11 is 0. The summed E-state index contributed by atoms with van der Waals surface area (Å²) in [5.74, 6) is 0. The third-order valence-electron chi connectivity index (χ3n) is 5.82. The number of hydrogen-bond donors (Lipinski definition) is 2. The fraction of sp³-hybridized carbons (Fsp3) is 0.333. The third-order valence-corrected chi connectivity index (χ3v) is 5.82. The molecule has 0 spiro atoms. The Hall–Kier alpha value is -2.54. The molecular formula is C27H31NO4. The maximum absolute atomic E-state index is 10.8. The second kappa shape index (κ2) is 11.4. The number of benzene rings is 3. The molecule has 1 aliphatic carbocycles. The minimum Gasteiger partial charge on any atom is -0.390 e. The van der Waals surface area contributed by atoms with Crippen LogP contribution in [0.15, 0.2) is 91.0 Å². The molecule has 0 heterocycles. The van der Waals surface area contributed by atoms with Crippen LogP contribution in [0.4, 0.5) is 0 Å². The number of ether oxygens (including phenoxy) is 3. The standard InChI is InChI=1S/C27H31NO4/c28-23-16-24(29)26(31-18-21-12-6-2-7-13-21)27(32-19-22-14-8-3-9-15-22)25(23)30-17-20-10-4-1-5-11-20/h1-15,23-27,29H,16-19,28H2/t23-,24-,25+,26-,27-/m0/s1. The van der Waals surface area contributed by atoms with Gasteiger partial charge in [-0.25, -0.2) is 0 Å². The van der Waals surface area contributed by atoms with Crippen molar-refractivity contribution in [1.82, 2.24) is 0 Å². The number of aliphatic hydroxyl groups excluding tert-OH is 1. The van der Waals surface area contributed by atoms with Crippen LogP contribution < -0.4 is 5.73 Å². The van der Waals surface area contributed by atoms with E-state index >= 15 is 0 Å². The van der Waals surface area contributed by atoms with Crippen LogP contribution in [-0.4, -0.2) is 35.6 Å². The van der Waals surface area contributed by atoms with E-state index in [1.54, 1.807) is 0 Å². The predicted molar refractivity (Wildman–Crippen MR) is 124 cm³/mol. The van der Waals surface area contributed by atoms with Gasteiger partial charge in [-0.1, -0.05) is 91.0 Å². The predicted octanol–water partition coefficient (Wildman–Crippen LogP) is 3.83. The molecule has 0 bridgehead atoms. The lowest BCUT2D eigenvalue weighted by molar-refractivity contribution is -0.206. The van der Waals surface area contributed by atoms with Gasteiger partial charge in [-0.3, -0.25) is 0 Å². The molecule has 4 rings (SSSR count). The van der Waals surface area contributed by atoms with E-state index in [1.165, 1.54) is 0 Å². The van der Waals surface area contributed by atoms with Crippen LogP contribution in [-0.2, 0) is 34.0 Å². The SMILES string of the molecule is N[C@H]1C[C@H](O)[C@H](OCc2ccccc2)[C@@H](OCc2ccccc2)[C@@H]1OCc1ccccc1. The third kappa shape index (κ3) is 6.03. The van der Waals surface area contributed by atoms with Crippen LogP contribution >= 0.6 is 0 Å². The van der Waals surface area contributed by atoms with Gasteiger partial charge < -0.3 is 25.1 Å². The summed E-state index contributed by atoms with van der Waals surface area (Å²) in [4.78, 5) is 0. The number of hydrogen-bond acceptors (Lipinski definition) is 5. The lowest BCUT2D eigenvalue weighted by Crippen LogP contribution is -2.61. The molecule has 0 amide bonds. The molecule has 5 nitrogen and oxygen atoms in total. The van der Waals surface area contributed by atoms with Gasteiger partial charge in [0.25, 0.3) is 0 Å². The normalized spacial score (nSPS) is 25.5. The van der Waals surface area contributed by atoms with Crippen molar-refractivity contribution in [3.63, 3.8) is 0 Å². The summed E-state index contributed by atoms with van der Waals surface area (Å²) in [6.07, 6.45) is -1.78. The van der Waals surface area contributed by atoms with Gasteiger partial charge in [-0.05, 0) is 23.1 Å². The summed E-state index contributed by atoms with van der Waals surface area (Å²) in [6.45, 7) is 1.20. The molecule has 5 atom stereocenters. The summed E-state index contributed by atoms with van der Waals surface area (Å²) in [5, 5.41) is 10.8. The first kappa shape index (κ1) is 22.6. The fourth-order valence-electron chi connectivity index (χ4n) is 4.11. The molecule has 3 N–H and O–H groups in total. The molecule has 1 aliphatic rings. The first-order valence-corrected chi connectivity index (χ1v) is 11.1. The molecule has 32 heavy (non-hydrogen) atoms.